The van der Waals surface area contributed by atoms with E-state index < -0.39 is 0 Å². The predicted octanol–water partition coefficient (Wildman–Crippen LogP) is 10.6. The third-order valence-electron chi connectivity index (χ3n) is 14.9. The molecule has 3 fully saturated rings. The number of ether oxygens (including phenoxy) is 2. The van der Waals surface area contributed by atoms with Gasteiger partial charge in [0.25, 0.3) is 0 Å². The molecule has 52 heavy (non-hydrogen) atoms. The Hall–Kier alpha value is -4.02. The molecule has 1 N–H and O–H groups in total. The minimum atomic E-state index is 0.0690. The van der Waals surface area contributed by atoms with Crippen LogP contribution in [0.1, 0.15) is 88.0 Å². The second kappa shape index (κ2) is 12.0. The Kier molecular flexibility index (Phi) is 7.27. The maximum atomic E-state index is 7.41. The van der Waals surface area contributed by atoms with Crippen molar-refractivity contribution in [1.82, 2.24) is 9.88 Å². The Balaban J connectivity index is 1.07. The van der Waals surface area contributed by atoms with Gasteiger partial charge in [0.2, 0.25) is 0 Å². The first-order valence-corrected chi connectivity index (χ1v) is 20.5. The van der Waals surface area contributed by atoms with E-state index in [1.807, 2.05) is 0 Å². The van der Waals surface area contributed by atoms with Crippen molar-refractivity contribution >= 4 is 22.6 Å². The largest absolute Gasteiger partial charge is 0.494 e. The van der Waals surface area contributed by atoms with Crippen LogP contribution in [0.2, 0.25) is 0 Å². The summed E-state index contributed by atoms with van der Waals surface area (Å²) in [6, 6.07) is 18.6. The van der Waals surface area contributed by atoms with Crippen molar-refractivity contribution in [2.24, 2.45) is 34.5 Å². The molecular weight excluding hydrogens is 637 g/mol. The molecule has 4 nitrogen and oxygen atoms in total. The van der Waals surface area contributed by atoms with Crippen LogP contribution in [0, 0.1) is 34.5 Å². The Morgan fingerprint density at radius 1 is 0.885 bits per heavy atom. The highest BCUT2D eigenvalue weighted by molar-refractivity contribution is 5.96. The quantitative estimate of drug-likeness (QED) is 0.278. The number of nitrogens with zero attached hydrogens (tertiary/aromatic N) is 1. The van der Waals surface area contributed by atoms with E-state index in [0.717, 1.165) is 32.1 Å². The molecule has 3 aliphatic heterocycles. The fourth-order valence-corrected chi connectivity index (χ4v) is 12.7. The van der Waals surface area contributed by atoms with Gasteiger partial charge in [-0.15, -0.1) is 0 Å². The fourth-order valence-electron chi connectivity index (χ4n) is 12.7. The molecule has 0 bridgehead atoms. The van der Waals surface area contributed by atoms with Crippen LogP contribution in [0.25, 0.3) is 28.2 Å². The highest BCUT2D eigenvalue weighted by Crippen LogP contribution is 2.68. The second-order valence-electron chi connectivity index (χ2n) is 17.4. The van der Waals surface area contributed by atoms with Crippen molar-refractivity contribution in [2.45, 2.75) is 102 Å². The summed E-state index contributed by atoms with van der Waals surface area (Å²) in [6.45, 7) is 2.47. The molecule has 1 spiro atoms. The van der Waals surface area contributed by atoms with E-state index in [0.29, 0.717) is 35.8 Å². The summed E-state index contributed by atoms with van der Waals surface area (Å²) in [6.07, 6.45) is 38.2. The van der Waals surface area contributed by atoms with Gasteiger partial charge in [-0.05, 0) is 112 Å². The van der Waals surface area contributed by atoms with Crippen molar-refractivity contribution in [2.75, 3.05) is 0 Å². The van der Waals surface area contributed by atoms with Gasteiger partial charge in [0, 0.05) is 62.9 Å². The summed E-state index contributed by atoms with van der Waals surface area (Å²) >= 11 is 0. The van der Waals surface area contributed by atoms with E-state index in [-0.39, 0.29) is 23.0 Å². The van der Waals surface area contributed by atoms with Gasteiger partial charge in [-0.2, -0.15) is 0 Å². The van der Waals surface area contributed by atoms with Crippen LogP contribution in [-0.2, 0) is 15.9 Å². The number of hydrogen-bond acceptors (Lipinski definition) is 3. The van der Waals surface area contributed by atoms with Gasteiger partial charge >= 0.3 is 0 Å². The fraction of sp³-hybridized carbons (Fsp3) is 0.458. The zero-order valence-corrected chi connectivity index (χ0v) is 30.6. The number of aromatic nitrogens is 1. The third kappa shape index (κ3) is 4.55. The molecule has 2 saturated heterocycles. The van der Waals surface area contributed by atoms with Gasteiger partial charge in [0.1, 0.15) is 6.10 Å². The molecule has 4 heterocycles. The van der Waals surface area contributed by atoms with E-state index in [9.17, 15) is 0 Å². The van der Waals surface area contributed by atoms with Crippen molar-refractivity contribution in [3.8, 4) is 5.69 Å². The summed E-state index contributed by atoms with van der Waals surface area (Å²) in [7, 11) is 0. The van der Waals surface area contributed by atoms with Gasteiger partial charge in [-0.25, -0.2) is 0 Å². The van der Waals surface area contributed by atoms with E-state index in [2.05, 4.69) is 126 Å². The number of para-hydroxylation sites is 1. The molecule has 10 atom stereocenters. The molecular formula is C48H52N2O2. The van der Waals surface area contributed by atoms with Crippen molar-refractivity contribution < 1.29 is 9.47 Å². The van der Waals surface area contributed by atoms with Crippen molar-refractivity contribution in [3.63, 3.8) is 0 Å². The Morgan fingerprint density at radius 3 is 2.71 bits per heavy atom. The first kappa shape index (κ1) is 31.5. The van der Waals surface area contributed by atoms with Gasteiger partial charge in [0.15, 0.2) is 0 Å². The Bertz CT molecular complexity index is 2090. The zero-order chi connectivity index (χ0) is 34.4. The molecule has 3 aromatic rings. The van der Waals surface area contributed by atoms with Crippen LogP contribution < -0.4 is 5.32 Å². The topological polar surface area (TPSA) is 35.4 Å². The average molecular weight is 689 g/mol. The van der Waals surface area contributed by atoms with Crippen LogP contribution in [0.4, 0.5) is 0 Å². The lowest BCUT2D eigenvalue weighted by Gasteiger charge is -2.67. The molecule has 266 valence electrons. The van der Waals surface area contributed by atoms with Crippen LogP contribution in [-0.4, -0.2) is 28.9 Å². The summed E-state index contributed by atoms with van der Waals surface area (Å²) in [4.78, 5) is 0. The molecule has 4 heteroatoms. The van der Waals surface area contributed by atoms with E-state index in [1.165, 1.54) is 83.3 Å². The monoisotopic (exact) mass is 688 g/mol. The normalized spacial score (nSPS) is 38.3. The highest BCUT2D eigenvalue weighted by atomic mass is 16.5. The van der Waals surface area contributed by atoms with Crippen LogP contribution in [0.5, 0.6) is 0 Å². The van der Waals surface area contributed by atoms with Crippen molar-refractivity contribution in [1.29, 1.82) is 0 Å². The van der Waals surface area contributed by atoms with Crippen LogP contribution >= 0.6 is 0 Å². The molecule has 0 amide bonds. The molecule has 1 aromatic heterocycles. The molecule has 0 radical (unpaired) electrons. The Morgan fingerprint density at radius 2 is 1.81 bits per heavy atom. The lowest BCUT2D eigenvalue weighted by Crippen LogP contribution is -2.67. The molecule has 10 unspecified atom stereocenters. The lowest BCUT2D eigenvalue weighted by molar-refractivity contribution is -0.242. The first-order valence-electron chi connectivity index (χ1n) is 20.5. The minimum absolute atomic E-state index is 0.0690. The molecule has 11 rings (SSSR count). The SMILES string of the molecule is CC1(C2CC=CN2)C=CC2C(C1)OC1C=CC(c3ccc4c(c3)c3c(n4-c4ccccc4)CCC=C3)=CC1C21C2CCCC=C2OC2CCCCC21. The van der Waals surface area contributed by atoms with Crippen LogP contribution in [0.15, 0.2) is 109 Å². The highest BCUT2D eigenvalue weighted by Gasteiger charge is 2.67. The molecule has 2 aromatic carbocycles. The summed E-state index contributed by atoms with van der Waals surface area (Å²) in [5, 5.41) is 5.06. The molecule has 1 saturated carbocycles. The zero-order valence-electron chi connectivity index (χ0n) is 30.6. The van der Waals surface area contributed by atoms with E-state index >= 15 is 0 Å². The van der Waals surface area contributed by atoms with Gasteiger partial charge in [-0.1, -0.05) is 86.2 Å². The number of rotatable bonds is 3. The van der Waals surface area contributed by atoms with Crippen LogP contribution in [0.3, 0.4) is 0 Å². The third-order valence-corrected chi connectivity index (χ3v) is 14.9. The van der Waals surface area contributed by atoms with Crippen molar-refractivity contribution in [3.05, 3.63) is 126 Å². The van der Waals surface area contributed by atoms with Gasteiger partial charge < -0.3 is 19.4 Å². The second-order valence-corrected chi connectivity index (χ2v) is 17.4. The summed E-state index contributed by atoms with van der Waals surface area (Å²) in [5.41, 5.74) is 8.20. The number of hydrogen-bond donors (Lipinski definition) is 1. The average Bonchev–Trinajstić information content (AvgIpc) is 3.86. The Labute approximate surface area is 309 Å². The molecule has 5 aliphatic carbocycles. The first-order chi connectivity index (χ1) is 25.6. The van der Waals surface area contributed by atoms with E-state index in [1.54, 1.807) is 0 Å². The van der Waals surface area contributed by atoms with Gasteiger partial charge in [-0.3, -0.25) is 0 Å². The minimum Gasteiger partial charge on any atom is -0.494 e. The summed E-state index contributed by atoms with van der Waals surface area (Å²) in [5.74, 6) is 2.97. The lowest BCUT2D eigenvalue weighted by atomic mass is 9.43. The van der Waals surface area contributed by atoms with Gasteiger partial charge in [0.05, 0.1) is 23.5 Å². The molecule has 8 aliphatic rings. The van der Waals surface area contributed by atoms with E-state index in [4.69, 9.17) is 9.47 Å². The number of nitrogens with one attached hydrogen (secondary N) is 1. The number of fused-ring (bicyclic) bond motifs is 11. The number of allylic oxidation sites excluding steroid dienone is 5. The maximum Gasteiger partial charge on any atom is 0.102 e. The predicted molar refractivity (Wildman–Crippen MR) is 211 cm³/mol. The smallest absolute Gasteiger partial charge is 0.102 e. The summed E-state index contributed by atoms with van der Waals surface area (Å²) < 4.78 is 17.0. The standard InChI is InChI=1S/C48H52N2O2/c1-47(46-20-11-27-49-46)26-25-38-45(30-47)52-44-24-22-32(29-39(44)48(38)36-15-6-9-18-42(36)51-43-19-10-7-16-37(43)48)31-21-23-41-35(28-31)34-14-5-8-17-40(34)50(41)33-12-3-2-4-13-33/h2-5,11-14,18,21-29,36-39,43-46,49H,6-10,15-17,19-20,30H2,1H3. The number of benzene rings is 2. The maximum absolute atomic E-state index is 7.41.